The molecule has 0 radical (unpaired) electrons. The van der Waals surface area contributed by atoms with Gasteiger partial charge in [0.2, 0.25) is 10.0 Å². The van der Waals surface area contributed by atoms with Gasteiger partial charge in [-0.15, -0.1) is 0 Å². The normalized spacial score (nSPS) is 19.9. The highest BCUT2D eigenvalue weighted by atomic mass is 32.2. The maximum atomic E-state index is 12.6. The lowest BCUT2D eigenvalue weighted by Gasteiger charge is -2.39. The Morgan fingerprint density at radius 2 is 1.80 bits per heavy atom. The Morgan fingerprint density at radius 1 is 1.25 bits per heavy atom. The second kappa shape index (κ2) is 6.05. The molecule has 0 atom stereocenters. The average molecular weight is 314 g/mol. The van der Waals surface area contributed by atoms with Crippen LogP contribution in [0.4, 0.5) is 0 Å². The van der Waals surface area contributed by atoms with Gasteiger partial charge in [-0.25, -0.2) is 8.42 Å². The van der Waals surface area contributed by atoms with Crippen LogP contribution in [0.3, 0.4) is 0 Å². The van der Waals surface area contributed by atoms with Crippen LogP contribution in [0.5, 0.6) is 0 Å². The van der Waals surface area contributed by atoms with E-state index in [9.17, 15) is 8.42 Å². The van der Waals surface area contributed by atoms with Crippen LogP contribution in [0.25, 0.3) is 0 Å². The van der Waals surface area contributed by atoms with Gasteiger partial charge in [-0.1, -0.05) is 17.7 Å². The number of rotatable bonds is 4. The Balaban J connectivity index is 2.15. The van der Waals surface area contributed by atoms with E-state index in [0.717, 1.165) is 18.4 Å². The van der Waals surface area contributed by atoms with Crippen LogP contribution < -0.4 is 5.73 Å². The van der Waals surface area contributed by atoms with Crippen LogP contribution in [0.15, 0.2) is 29.2 Å². The van der Waals surface area contributed by atoms with Crippen molar-refractivity contribution in [3.05, 3.63) is 29.8 Å². The van der Waals surface area contributed by atoms with Crippen molar-refractivity contribution < 1.29 is 8.42 Å². The number of piperidine rings is 1. The van der Waals surface area contributed by atoms with E-state index in [1.54, 1.807) is 28.2 Å². The first-order valence-electron chi connectivity index (χ1n) is 6.76. The van der Waals surface area contributed by atoms with Gasteiger partial charge in [0.15, 0.2) is 0 Å². The highest BCUT2D eigenvalue weighted by molar-refractivity contribution is 8.00. The van der Waals surface area contributed by atoms with Gasteiger partial charge >= 0.3 is 0 Å². The van der Waals surface area contributed by atoms with Crippen molar-refractivity contribution in [1.82, 2.24) is 4.31 Å². The van der Waals surface area contributed by atoms with E-state index in [2.05, 4.69) is 6.26 Å². The number of benzene rings is 1. The third-order valence-corrected chi connectivity index (χ3v) is 7.45. The van der Waals surface area contributed by atoms with Gasteiger partial charge in [-0.3, -0.25) is 0 Å². The highest BCUT2D eigenvalue weighted by Crippen LogP contribution is 2.35. The fraction of sp³-hybridized carbons (Fsp3) is 0.571. The molecule has 112 valence electrons. The first-order chi connectivity index (χ1) is 9.43. The standard InChI is InChI=1S/C14H22N2O2S2/c1-12-3-5-13(6-4-12)20(17,18)16-9-7-14(11-15,19-2)8-10-16/h3-6H,7-11,15H2,1-2H3. The summed E-state index contributed by atoms with van der Waals surface area (Å²) in [5.74, 6) is 0. The maximum Gasteiger partial charge on any atom is 0.243 e. The minimum absolute atomic E-state index is 0.0410. The number of hydrogen-bond donors (Lipinski definition) is 1. The summed E-state index contributed by atoms with van der Waals surface area (Å²) in [6.45, 7) is 3.65. The molecule has 0 bridgehead atoms. The molecular weight excluding hydrogens is 292 g/mol. The van der Waals surface area contributed by atoms with Gasteiger partial charge in [0.25, 0.3) is 0 Å². The molecule has 1 aromatic carbocycles. The molecule has 0 aromatic heterocycles. The van der Waals surface area contributed by atoms with E-state index in [0.29, 0.717) is 24.5 Å². The molecule has 1 aromatic rings. The zero-order chi connectivity index (χ0) is 14.8. The van der Waals surface area contributed by atoms with Crippen molar-refractivity contribution in [2.24, 2.45) is 5.73 Å². The van der Waals surface area contributed by atoms with Gasteiger partial charge in [0.1, 0.15) is 0 Å². The summed E-state index contributed by atoms with van der Waals surface area (Å²) in [6, 6.07) is 7.04. The molecule has 4 nitrogen and oxygen atoms in total. The lowest BCUT2D eigenvalue weighted by atomic mass is 9.97. The van der Waals surface area contributed by atoms with Crippen LogP contribution in [0.2, 0.25) is 0 Å². The molecule has 0 spiro atoms. The van der Waals surface area contributed by atoms with Crippen molar-refractivity contribution in [1.29, 1.82) is 0 Å². The number of nitrogens with zero attached hydrogens (tertiary/aromatic N) is 1. The zero-order valence-corrected chi connectivity index (χ0v) is 13.6. The monoisotopic (exact) mass is 314 g/mol. The summed E-state index contributed by atoms with van der Waals surface area (Å²) in [6.07, 6.45) is 3.68. The summed E-state index contributed by atoms with van der Waals surface area (Å²) in [5.41, 5.74) is 6.90. The molecule has 2 N–H and O–H groups in total. The van der Waals surface area contributed by atoms with Crippen molar-refractivity contribution in [2.45, 2.75) is 29.4 Å². The van der Waals surface area contributed by atoms with E-state index >= 15 is 0 Å². The Kier molecular flexibility index (Phi) is 4.79. The summed E-state index contributed by atoms with van der Waals surface area (Å²) in [7, 11) is -3.36. The fourth-order valence-electron chi connectivity index (χ4n) is 2.48. The number of thioether (sulfide) groups is 1. The van der Waals surface area contributed by atoms with Gasteiger partial charge in [0, 0.05) is 24.4 Å². The van der Waals surface area contributed by atoms with Crippen LogP contribution in [-0.4, -0.2) is 43.4 Å². The SMILES string of the molecule is CSC1(CN)CCN(S(=O)(=O)c2ccc(C)cc2)CC1. The topological polar surface area (TPSA) is 63.4 Å². The van der Waals surface area contributed by atoms with Crippen LogP contribution in [0, 0.1) is 6.92 Å². The molecule has 2 rings (SSSR count). The maximum absolute atomic E-state index is 12.6. The summed E-state index contributed by atoms with van der Waals surface area (Å²) >= 11 is 1.76. The largest absolute Gasteiger partial charge is 0.329 e. The summed E-state index contributed by atoms with van der Waals surface area (Å²) in [5, 5.41) is 0. The molecule has 1 heterocycles. The Morgan fingerprint density at radius 3 is 2.25 bits per heavy atom. The van der Waals surface area contributed by atoms with E-state index in [1.807, 2.05) is 19.1 Å². The van der Waals surface area contributed by atoms with Crippen molar-refractivity contribution in [2.75, 3.05) is 25.9 Å². The fourth-order valence-corrected chi connectivity index (χ4v) is 4.68. The molecule has 0 aliphatic carbocycles. The zero-order valence-electron chi connectivity index (χ0n) is 12.0. The molecule has 1 saturated heterocycles. The molecule has 0 unspecified atom stereocenters. The van der Waals surface area contributed by atoms with Gasteiger partial charge in [0.05, 0.1) is 4.90 Å². The number of hydrogen-bond acceptors (Lipinski definition) is 4. The Hall–Kier alpha value is -0.560. The van der Waals surface area contributed by atoms with Gasteiger partial charge in [-0.05, 0) is 38.2 Å². The summed E-state index contributed by atoms with van der Waals surface area (Å²) in [4.78, 5) is 0.382. The molecule has 1 fully saturated rings. The van der Waals surface area contributed by atoms with Gasteiger partial charge in [-0.2, -0.15) is 16.1 Å². The second-order valence-corrected chi connectivity index (χ2v) is 8.52. The second-order valence-electron chi connectivity index (χ2n) is 5.31. The molecule has 0 amide bonds. The van der Waals surface area contributed by atoms with E-state index in [-0.39, 0.29) is 4.75 Å². The predicted molar refractivity (Wildman–Crippen MR) is 84.5 cm³/mol. The van der Waals surface area contributed by atoms with Gasteiger partial charge < -0.3 is 5.73 Å². The smallest absolute Gasteiger partial charge is 0.243 e. The summed E-state index contributed by atoms with van der Waals surface area (Å²) < 4.78 is 26.8. The lowest BCUT2D eigenvalue weighted by molar-refractivity contribution is 0.301. The van der Waals surface area contributed by atoms with Crippen LogP contribution >= 0.6 is 11.8 Å². The number of nitrogens with two attached hydrogens (primary N) is 1. The van der Waals surface area contributed by atoms with Crippen molar-refractivity contribution in [3.8, 4) is 0 Å². The van der Waals surface area contributed by atoms with Crippen molar-refractivity contribution in [3.63, 3.8) is 0 Å². The van der Waals surface area contributed by atoms with E-state index in [4.69, 9.17) is 5.73 Å². The van der Waals surface area contributed by atoms with Crippen LogP contribution in [0.1, 0.15) is 18.4 Å². The molecule has 6 heteroatoms. The quantitative estimate of drug-likeness (QED) is 0.921. The molecule has 0 saturated carbocycles. The number of aryl methyl sites for hydroxylation is 1. The molecule has 20 heavy (non-hydrogen) atoms. The third-order valence-electron chi connectivity index (χ3n) is 4.10. The third kappa shape index (κ3) is 3.03. The molecule has 1 aliphatic heterocycles. The average Bonchev–Trinajstić information content (AvgIpc) is 2.47. The Bertz CT molecular complexity index is 541. The first-order valence-corrected chi connectivity index (χ1v) is 9.42. The van der Waals surface area contributed by atoms with Crippen LogP contribution in [-0.2, 0) is 10.0 Å². The predicted octanol–water partition coefficient (Wildman–Crippen LogP) is 1.84. The molecular formula is C14H22N2O2S2. The number of sulfonamides is 1. The van der Waals surface area contributed by atoms with Crippen molar-refractivity contribution >= 4 is 21.8 Å². The minimum Gasteiger partial charge on any atom is -0.329 e. The van der Waals surface area contributed by atoms with E-state index in [1.165, 1.54) is 0 Å². The minimum atomic E-state index is -3.36. The van der Waals surface area contributed by atoms with E-state index < -0.39 is 10.0 Å². The lowest BCUT2D eigenvalue weighted by Crippen LogP contribution is -2.48. The first kappa shape index (κ1) is 15.8. The Labute approximate surface area is 125 Å². The highest BCUT2D eigenvalue weighted by Gasteiger charge is 2.37. The molecule has 1 aliphatic rings.